The van der Waals surface area contributed by atoms with Crippen molar-refractivity contribution in [2.45, 2.75) is 32.1 Å². The Morgan fingerprint density at radius 2 is 2.19 bits per heavy atom. The molecule has 4 heteroatoms. The number of rotatable bonds is 8. The summed E-state index contributed by atoms with van der Waals surface area (Å²) in [5.74, 6) is 1.79. The minimum absolute atomic E-state index is 0.175. The van der Waals surface area contributed by atoms with Gasteiger partial charge in [0.05, 0.1) is 7.11 Å². The molecule has 0 aromatic heterocycles. The first-order valence-electron chi connectivity index (χ1n) is 7.88. The lowest BCUT2D eigenvalue weighted by molar-refractivity contribution is -0.121. The maximum absolute atomic E-state index is 11.8. The predicted molar refractivity (Wildman–Crippen MR) is 84.5 cm³/mol. The van der Waals surface area contributed by atoms with Crippen molar-refractivity contribution in [2.24, 2.45) is 5.92 Å². The van der Waals surface area contributed by atoms with E-state index in [0.717, 1.165) is 50.6 Å². The molecular weight excluding hydrogens is 264 g/mol. The summed E-state index contributed by atoms with van der Waals surface area (Å²) in [6.07, 6.45) is 4.77. The van der Waals surface area contributed by atoms with Gasteiger partial charge in [-0.2, -0.15) is 0 Å². The van der Waals surface area contributed by atoms with Gasteiger partial charge in [0.25, 0.3) is 0 Å². The van der Waals surface area contributed by atoms with Crippen LogP contribution in [-0.2, 0) is 11.2 Å². The van der Waals surface area contributed by atoms with E-state index in [1.807, 2.05) is 12.1 Å². The first-order valence-corrected chi connectivity index (χ1v) is 7.88. The fourth-order valence-electron chi connectivity index (χ4n) is 2.71. The molecule has 1 atom stereocenters. The Kier molecular flexibility index (Phi) is 6.54. The Balaban J connectivity index is 1.55. The van der Waals surface area contributed by atoms with Gasteiger partial charge >= 0.3 is 0 Å². The number of nitrogens with one attached hydrogen (secondary N) is 2. The molecule has 1 unspecified atom stereocenters. The number of carbonyl (C=O) groups excluding carboxylic acids is 1. The Bertz CT molecular complexity index is 425. The van der Waals surface area contributed by atoms with Gasteiger partial charge < -0.3 is 15.4 Å². The maximum atomic E-state index is 11.8. The van der Waals surface area contributed by atoms with E-state index in [0.29, 0.717) is 6.42 Å². The molecule has 1 fully saturated rings. The Labute approximate surface area is 127 Å². The highest BCUT2D eigenvalue weighted by molar-refractivity contribution is 5.75. The monoisotopic (exact) mass is 290 g/mol. The number of amides is 1. The summed E-state index contributed by atoms with van der Waals surface area (Å²) < 4.78 is 5.13. The number of hydrogen-bond donors (Lipinski definition) is 2. The van der Waals surface area contributed by atoms with Crippen LogP contribution in [-0.4, -0.2) is 32.7 Å². The zero-order valence-corrected chi connectivity index (χ0v) is 12.9. The number of benzene rings is 1. The molecule has 1 saturated heterocycles. The van der Waals surface area contributed by atoms with E-state index in [-0.39, 0.29) is 5.91 Å². The zero-order valence-electron chi connectivity index (χ0n) is 12.9. The molecule has 4 nitrogen and oxygen atoms in total. The van der Waals surface area contributed by atoms with Crippen LogP contribution in [0.3, 0.4) is 0 Å². The number of carbonyl (C=O) groups is 1. The van der Waals surface area contributed by atoms with Gasteiger partial charge in [-0.25, -0.2) is 0 Å². The van der Waals surface area contributed by atoms with Crippen molar-refractivity contribution in [1.82, 2.24) is 10.6 Å². The van der Waals surface area contributed by atoms with Gasteiger partial charge in [0.2, 0.25) is 5.91 Å². The average molecular weight is 290 g/mol. The van der Waals surface area contributed by atoms with Crippen LogP contribution in [0.25, 0.3) is 0 Å². The first-order chi connectivity index (χ1) is 10.3. The van der Waals surface area contributed by atoms with Crippen molar-refractivity contribution in [3.05, 3.63) is 29.8 Å². The zero-order chi connectivity index (χ0) is 14.9. The molecule has 1 amide bonds. The van der Waals surface area contributed by atoms with Crippen LogP contribution in [0, 0.1) is 5.92 Å². The van der Waals surface area contributed by atoms with E-state index in [4.69, 9.17) is 4.74 Å². The van der Waals surface area contributed by atoms with E-state index in [9.17, 15) is 4.79 Å². The van der Waals surface area contributed by atoms with E-state index in [2.05, 4.69) is 22.8 Å². The number of ether oxygens (including phenoxy) is 1. The van der Waals surface area contributed by atoms with Crippen molar-refractivity contribution >= 4 is 5.91 Å². The summed E-state index contributed by atoms with van der Waals surface area (Å²) >= 11 is 0. The lowest BCUT2D eigenvalue weighted by Crippen LogP contribution is -2.26. The van der Waals surface area contributed by atoms with Crippen LogP contribution in [0.5, 0.6) is 5.75 Å². The van der Waals surface area contributed by atoms with Crippen molar-refractivity contribution in [1.29, 1.82) is 0 Å². The highest BCUT2D eigenvalue weighted by Crippen LogP contribution is 2.13. The number of methoxy groups -OCH3 is 1. The molecule has 21 heavy (non-hydrogen) atoms. The molecule has 1 aromatic rings. The van der Waals surface area contributed by atoms with E-state index >= 15 is 0 Å². The van der Waals surface area contributed by atoms with Crippen molar-refractivity contribution in [3.8, 4) is 5.75 Å². The fourth-order valence-corrected chi connectivity index (χ4v) is 2.71. The quantitative estimate of drug-likeness (QED) is 0.771. The summed E-state index contributed by atoms with van der Waals surface area (Å²) in [7, 11) is 1.67. The third-order valence-corrected chi connectivity index (χ3v) is 4.07. The molecule has 0 spiro atoms. The van der Waals surface area contributed by atoms with E-state index in [1.54, 1.807) is 7.11 Å². The molecule has 1 aliphatic heterocycles. The standard InChI is InChI=1S/C17H26N2O2/c1-21-16-7-5-14(6-8-16)3-2-4-17(20)19-12-10-15-9-11-18-13-15/h5-8,15,18H,2-4,9-13H2,1H3,(H,19,20). The smallest absolute Gasteiger partial charge is 0.220 e. The Morgan fingerprint density at radius 1 is 1.38 bits per heavy atom. The molecule has 2 rings (SSSR count). The number of hydrogen-bond acceptors (Lipinski definition) is 3. The topological polar surface area (TPSA) is 50.4 Å². The van der Waals surface area contributed by atoms with Crippen LogP contribution in [0.15, 0.2) is 24.3 Å². The molecule has 1 aliphatic rings. The molecule has 0 saturated carbocycles. The van der Waals surface area contributed by atoms with Crippen molar-refractivity contribution < 1.29 is 9.53 Å². The van der Waals surface area contributed by atoms with Crippen LogP contribution in [0.2, 0.25) is 0 Å². The molecule has 0 radical (unpaired) electrons. The predicted octanol–water partition coefficient (Wildman–Crippen LogP) is 2.13. The Hall–Kier alpha value is -1.55. The first kappa shape index (κ1) is 15.8. The Morgan fingerprint density at radius 3 is 2.86 bits per heavy atom. The SMILES string of the molecule is COc1ccc(CCCC(=O)NCCC2CCNC2)cc1. The minimum atomic E-state index is 0.175. The summed E-state index contributed by atoms with van der Waals surface area (Å²) in [6, 6.07) is 8.05. The van der Waals surface area contributed by atoms with Crippen LogP contribution in [0.1, 0.15) is 31.2 Å². The lowest BCUT2D eigenvalue weighted by Gasteiger charge is -2.09. The van der Waals surface area contributed by atoms with Gasteiger partial charge in [0.1, 0.15) is 5.75 Å². The second-order valence-electron chi connectivity index (χ2n) is 5.70. The van der Waals surface area contributed by atoms with E-state index < -0.39 is 0 Å². The number of aryl methyl sites for hydroxylation is 1. The van der Waals surface area contributed by atoms with Crippen molar-refractivity contribution in [2.75, 3.05) is 26.7 Å². The second kappa shape index (κ2) is 8.67. The molecule has 2 N–H and O–H groups in total. The third kappa shape index (κ3) is 5.76. The van der Waals surface area contributed by atoms with Crippen molar-refractivity contribution in [3.63, 3.8) is 0 Å². The summed E-state index contributed by atoms with van der Waals surface area (Å²) in [5.41, 5.74) is 1.25. The molecule has 1 heterocycles. The largest absolute Gasteiger partial charge is 0.497 e. The highest BCUT2D eigenvalue weighted by atomic mass is 16.5. The summed E-state index contributed by atoms with van der Waals surface area (Å²) in [5, 5.41) is 6.38. The molecule has 0 bridgehead atoms. The van der Waals surface area contributed by atoms with Gasteiger partial charge in [-0.05, 0) is 62.4 Å². The maximum Gasteiger partial charge on any atom is 0.220 e. The van der Waals surface area contributed by atoms with Gasteiger partial charge in [-0.3, -0.25) is 4.79 Å². The normalized spacial score (nSPS) is 17.7. The average Bonchev–Trinajstić information content (AvgIpc) is 3.01. The highest BCUT2D eigenvalue weighted by Gasteiger charge is 2.13. The summed E-state index contributed by atoms with van der Waals surface area (Å²) in [6.45, 7) is 3.04. The second-order valence-corrected chi connectivity index (χ2v) is 5.70. The fraction of sp³-hybridized carbons (Fsp3) is 0.588. The van der Waals surface area contributed by atoms with Crippen LogP contribution < -0.4 is 15.4 Å². The molecular formula is C17H26N2O2. The molecule has 1 aromatic carbocycles. The van der Waals surface area contributed by atoms with Gasteiger partial charge in [0.15, 0.2) is 0 Å². The van der Waals surface area contributed by atoms with Crippen LogP contribution >= 0.6 is 0 Å². The lowest BCUT2D eigenvalue weighted by atomic mass is 10.1. The van der Waals surface area contributed by atoms with Gasteiger partial charge in [0, 0.05) is 13.0 Å². The minimum Gasteiger partial charge on any atom is -0.497 e. The van der Waals surface area contributed by atoms with Gasteiger partial charge in [-0.1, -0.05) is 12.1 Å². The third-order valence-electron chi connectivity index (χ3n) is 4.07. The molecule has 0 aliphatic carbocycles. The molecule has 116 valence electrons. The van der Waals surface area contributed by atoms with Crippen LogP contribution in [0.4, 0.5) is 0 Å². The van der Waals surface area contributed by atoms with Gasteiger partial charge in [-0.15, -0.1) is 0 Å². The summed E-state index contributed by atoms with van der Waals surface area (Å²) in [4.78, 5) is 11.8. The van der Waals surface area contributed by atoms with E-state index in [1.165, 1.54) is 12.0 Å².